The average Bonchev–Trinajstić information content (AvgIpc) is 1.61. The molecule has 0 amide bonds. The van der Waals surface area contributed by atoms with Gasteiger partial charge in [-0.2, -0.15) is 41.0 Å². The minimum atomic E-state index is 0.00371. The van der Waals surface area contributed by atoms with Crippen LogP contribution in [0.4, 0.5) is 0 Å². The number of fused-ring (bicyclic) bond motifs is 7. The zero-order chi connectivity index (χ0) is 106. The number of nitrogens with zero attached hydrogens (tertiary/aromatic N) is 21. The lowest BCUT2D eigenvalue weighted by Gasteiger charge is -2.22. The molecule has 21 aromatic rings. The van der Waals surface area contributed by atoms with Gasteiger partial charge in [-0.25, -0.2) is 4.98 Å². The Morgan fingerprint density at radius 1 is 0.279 bits per heavy atom. The van der Waals surface area contributed by atoms with Crippen molar-refractivity contribution in [2.45, 2.75) is 210 Å². The Kier molecular flexibility index (Phi) is 30.6. The molecule has 8 aromatic carbocycles. The number of benzene rings is 8. The van der Waals surface area contributed by atoms with Gasteiger partial charge >= 0.3 is 0 Å². The maximum absolute atomic E-state index is 9.66. The third kappa shape index (κ3) is 24.4. The minimum absolute atomic E-state index is 0.00371. The van der Waals surface area contributed by atoms with Crippen molar-refractivity contribution < 1.29 is 0 Å². The second-order valence-electron chi connectivity index (χ2n) is 45.8. The van der Waals surface area contributed by atoms with Crippen LogP contribution >= 0.6 is 11.6 Å². The number of hydrogen-bond donors (Lipinski definition) is 0. The van der Waals surface area contributed by atoms with Gasteiger partial charge in [0.2, 0.25) is 0 Å². The number of halogens is 1. The van der Waals surface area contributed by atoms with Crippen LogP contribution in [0.1, 0.15) is 214 Å². The van der Waals surface area contributed by atoms with Gasteiger partial charge in [0.15, 0.2) is 0 Å². The van der Waals surface area contributed by atoms with Gasteiger partial charge in [0.1, 0.15) is 6.07 Å². The Hall–Kier alpha value is -15.3. The smallest absolute Gasteiger partial charge is 0.102 e. The maximum Gasteiger partial charge on any atom is 0.102 e. The molecule has 0 saturated carbocycles. The summed E-state index contributed by atoms with van der Waals surface area (Å²) in [6, 6.07) is 60.4. The fourth-order valence-electron chi connectivity index (χ4n) is 19.1. The van der Waals surface area contributed by atoms with E-state index in [0.29, 0.717) is 11.3 Å². The molecular weight excluding hydrogens is 1830 g/mol. The highest BCUT2D eigenvalue weighted by Crippen LogP contribution is 2.43. The molecule has 0 fully saturated rings. The fraction of sp³-hybridized carbons (Fsp3) is 0.312. The molecule has 0 radical (unpaired) electrons. The van der Waals surface area contributed by atoms with Gasteiger partial charge in [-0.05, 0) is 195 Å². The van der Waals surface area contributed by atoms with E-state index in [1.54, 1.807) is 20.2 Å². The quantitative estimate of drug-likeness (QED) is 0.138. The van der Waals surface area contributed by atoms with Crippen LogP contribution in [-0.2, 0) is 93.7 Å². The average molecular weight is 1970 g/mol. The van der Waals surface area contributed by atoms with E-state index < -0.39 is 0 Å². The van der Waals surface area contributed by atoms with E-state index in [-0.39, 0.29) is 37.9 Å². The van der Waals surface area contributed by atoms with Gasteiger partial charge < -0.3 is 0 Å². The molecule has 0 spiro atoms. The molecule has 0 unspecified atom stereocenters. The predicted molar refractivity (Wildman–Crippen MR) is 609 cm³/mol. The largest absolute Gasteiger partial charge is 0.275 e. The van der Waals surface area contributed by atoms with Gasteiger partial charge in [0.05, 0.1) is 88.6 Å². The summed E-state index contributed by atoms with van der Waals surface area (Å²) in [5.41, 5.74) is 29.2. The van der Waals surface area contributed by atoms with Crippen molar-refractivity contribution in [1.29, 1.82) is 5.26 Å². The molecule has 752 valence electrons. The number of pyridine rings is 6. The zero-order valence-corrected chi connectivity index (χ0v) is 92.2. The first kappa shape index (κ1) is 106. The van der Waals surface area contributed by atoms with Crippen molar-refractivity contribution >= 4 is 87.1 Å². The monoisotopic (exact) mass is 1970 g/mol. The molecule has 0 atom stereocenters. The van der Waals surface area contributed by atoms with Gasteiger partial charge in [0, 0.05) is 205 Å². The molecule has 13 aromatic heterocycles. The molecule has 22 heteroatoms. The van der Waals surface area contributed by atoms with Crippen molar-refractivity contribution in [3.63, 3.8) is 0 Å². The van der Waals surface area contributed by atoms with Crippen molar-refractivity contribution in [2.24, 2.45) is 49.3 Å². The van der Waals surface area contributed by atoms with E-state index in [9.17, 15) is 5.26 Å². The lowest BCUT2D eigenvalue weighted by molar-refractivity contribution is 0.594. The van der Waals surface area contributed by atoms with E-state index in [1.807, 2.05) is 191 Å². The first-order valence-corrected chi connectivity index (χ1v) is 50.7. The molecule has 0 aliphatic rings. The van der Waals surface area contributed by atoms with Crippen LogP contribution in [0.2, 0.25) is 5.02 Å². The van der Waals surface area contributed by atoms with Crippen LogP contribution in [0.25, 0.3) is 154 Å². The van der Waals surface area contributed by atoms with Crippen molar-refractivity contribution in [2.75, 3.05) is 0 Å². The molecule has 21 rings (SSSR count). The molecule has 0 saturated heterocycles. The van der Waals surface area contributed by atoms with Crippen molar-refractivity contribution in [1.82, 2.24) is 98.4 Å². The van der Waals surface area contributed by atoms with Gasteiger partial charge in [-0.15, -0.1) is 0 Å². The topological polar surface area (TPSA) is 226 Å². The Labute approximate surface area is 871 Å². The van der Waals surface area contributed by atoms with Gasteiger partial charge in [-0.3, -0.25) is 57.7 Å². The third-order valence-corrected chi connectivity index (χ3v) is 26.9. The van der Waals surface area contributed by atoms with Crippen LogP contribution in [0.5, 0.6) is 0 Å². The highest BCUT2D eigenvalue weighted by molar-refractivity contribution is 6.31. The number of aromatic nitrogens is 20. The third-order valence-electron chi connectivity index (χ3n) is 26.6. The summed E-state index contributed by atoms with van der Waals surface area (Å²) in [6.07, 6.45) is 35.7. The molecule has 0 aliphatic heterocycles. The van der Waals surface area contributed by atoms with E-state index in [2.05, 4.69) is 369 Å². The maximum atomic E-state index is 9.66. The van der Waals surface area contributed by atoms with Crippen LogP contribution in [0.3, 0.4) is 0 Å². The highest BCUT2D eigenvalue weighted by Gasteiger charge is 2.28. The molecule has 21 nitrogen and oxygen atoms in total. The van der Waals surface area contributed by atoms with E-state index in [1.165, 1.54) is 104 Å². The summed E-state index contributed by atoms with van der Waals surface area (Å²) in [5.74, 6) is 0. The second-order valence-corrected chi connectivity index (χ2v) is 46.2. The number of rotatable bonds is 8. The minimum Gasteiger partial charge on any atom is -0.275 e. The number of hydrogen-bond acceptors (Lipinski definition) is 14. The first-order valence-electron chi connectivity index (χ1n) is 50.3. The van der Waals surface area contributed by atoms with E-state index >= 15 is 0 Å². The van der Waals surface area contributed by atoms with E-state index in [4.69, 9.17) is 26.6 Å². The van der Waals surface area contributed by atoms with Gasteiger partial charge in [0.25, 0.3) is 0 Å². The Morgan fingerprint density at radius 3 is 1.11 bits per heavy atom. The summed E-state index contributed by atoms with van der Waals surface area (Å²) >= 11 is 6.30. The standard InChI is InChI=1S/C19H23N3.C18H18N4.2C18H21N3.C18H20N2.C17H18ClN3.C17H19N3/c1-6-13-7-14-9-18(15-10-21-22(5)12-15)20-11-16(14)17(8-13)19(2,3)4;1-18(2,3)16-7-5-6-13-14(8-19)17(20-10-15(13)16)12-9-21-22(4)11-12;1-12-14-7-6-8-16(18(2,3)4)15(14)10-19-17(12)13-9-20-21(5)11-13;1-12-17-13(7-6-8-15(17)18(2,3)4)9-16(20-12)14-10-19-21(5)11-14;1-18(2,3)17-7-5-6-14-10-13(8-9-16(14)17)15-11-19-20(4)12-15;1-17(2,3)15-7-13(18)5-11-6-16(19-9-14(11)15)12-8-20-21(4)10-12;1-17(2,3)14-6-5-7-16-13(14)8-9-15(19-16)12-10-18-20(4)11-12/h7-12H,6H2,1-5H3;5-7,9-11H,1-4H3;2*6-11H,1-5H3;5-12H,1-4H3;5-10H,1-4H3;5-11H,1-4H3. The summed E-state index contributed by atoms with van der Waals surface area (Å²) in [6.45, 7) is 53.2. The predicted octanol–water partition coefficient (Wildman–Crippen LogP) is 29.8. The Morgan fingerprint density at radius 2 is 0.646 bits per heavy atom. The second kappa shape index (κ2) is 42.4. The summed E-state index contributed by atoms with van der Waals surface area (Å²) in [4.78, 5) is 28.1. The van der Waals surface area contributed by atoms with Crippen molar-refractivity contribution in [3.8, 4) is 84.7 Å². The fourth-order valence-corrected chi connectivity index (χ4v) is 19.3. The molecule has 147 heavy (non-hydrogen) atoms. The first-order chi connectivity index (χ1) is 69.3. The number of aryl methyl sites for hydroxylation is 10. The lowest BCUT2D eigenvalue weighted by Crippen LogP contribution is -2.12. The van der Waals surface area contributed by atoms with E-state index in [0.717, 1.165) is 112 Å². The normalized spacial score (nSPS) is 12.0. The Balaban J connectivity index is 0.000000129. The highest BCUT2D eigenvalue weighted by atomic mass is 35.5. The lowest BCUT2D eigenvalue weighted by atomic mass is 9.82. The van der Waals surface area contributed by atoms with Crippen LogP contribution in [0, 0.1) is 25.2 Å². The van der Waals surface area contributed by atoms with Crippen LogP contribution in [-0.4, -0.2) is 98.4 Å². The summed E-state index contributed by atoms with van der Waals surface area (Å²) in [5, 5.41) is 55.6. The van der Waals surface area contributed by atoms with Crippen molar-refractivity contribution in [3.05, 3.63) is 342 Å². The molecule has 0 bridgehead atoms. The molecule has 13 heterocycles. The SMILES string of the molecule is CCc1cc(C(C)(C)C)c2cnc(-c3cnn(C)c3)cc2c1.Cc1c(-c2cnn(C)c2)ncc2c(C(C)(C)C)cccc12.Cc1nc(-c2cnn(C)c2)cc2cccc(C(C)(C)C)c12.Cn1cc(-c2cc3cc(Cl)cc(C(C)(C)C)c3cn2)cn1.Cn1cc(-c2ccc3c(C(C)(C)C)cccc3c2)cn1.Cn1cc(-c2ccc3c(C(C)(C)C)cccc3n2)cn1.Cn1cc(-c2ncc3c(C(C)(C)C)cccc3c2C#N)cn1. The van der Waals surface area contributed by atoms with Crippen LogP contribution < -0.4 is 0 Å². The van der Waals surface area contributed by atoms with Crippen LogP contribution in [0.15, 0.2) is 275 Å². The summed E-state index contributed by atoms with van der Waals surface area (Å²) < 4.78 is 12.6. The number of nitriles is 1. The van der Waals surface area contributed by atoms with Gasteiger partial charge in [-0.1, -0.05) is 279 Å². The molecular formula is C125H140ClN21. The molecule has 0 aliphatic carbocycles. The molecule has 0 N–H and O–H groups in total. The Bertz CT molecular complexity index is 8270. The summed E-state index contributed by atoms with van der Waals surface area (Å²) in [7, 11) is 13.4. The zero-order valence-electron chi connectivity index (χ0n) is 91.5.